The van der Waals surface area contributed by atoms with Gasteiger partial charge in [0, 0.05) is 37.8 Å². The number of aryl methyl sites for hydroxylation is 1. The summed E-state index contributed by atoms with van der Waals surface area (Å²) in [4.78, 5) is 24.0. The van der Waals surface area contributed by atoms with E-state index in [2.05, 4.69) is 14.9 Å². The maximum atomic E-state index is 11.6. The Morgan fingerprint density at radius 1 is 1.44 bits per heavy atom. The largest absolute Gasteiger partial charge is 0.449 e. The van der Waals surface area contributed by atoms with Crippen molar-refractivity contribution in [2.45, 2.75) is 19.4 Å². The summed E-state index contributed by atoms with van der Waals surface area (Å²) in [6, 6.07) is 0.245. The predicted molar refractivity (Wildman–Crippen MR) is 65.4 cm³/mol. The Bertz CT molecular complexity index is 465. The summed E-state index contributed by atoms with van der Waals surface area (Å²) in [6.07, 6.45) is 4.12. The van der Waals surface area contributed by atoms with Crippen LogP contribution in [-0.4, -0.2) is 53.2 Å². The number of nitrogens with zero attached hydrogens (tertiary/aromatic N) is 4. The number of hydrogen-bond donors (Lipinski definition) is 0. The molecule has 0 radical (unpaired) electrons. The molecule has 6 heteroatoms. The van der Waals surface area contributed by atoms with Gasteiger partial charge in [-0.25, -0.2) is 14.8 Å². The van der Waals surface area contributed by atoms with Crippen LogP contribution in [0.5, 0.6) is 0 Å². The van der Waals surface area contributed by atoms with E-state index in [4.69, 9.17) is 4.74 Å². The van der Waals surface area contributed by atoms with Crippen LogP contribution in [0.2, 0.25) is 0 Å². The van der Waals surface area contributed by atoms with Gasteiger partial charge in [0.2, 0.25) is 0 Å². The summed E-state index contributed by atoms with van der Waals surface area (Å²) in [5, 5.41) is 0. The van der Waals surface area contributed by atoms with Crippen LogP contribution in [0.1, 0.15) is 12.0 Å². The highest BCUT2D eigenvalue weighted by Gasteiger charge is 2.35. The first-order valence-corrected chi connectivity index (χ1v) is 6.20. The average Bonchev–Trinajstić information content (AvgIpc) is 2.39. The van der Waals surface area contributed by atoms with Crippen molar-refractivity contribution in [1.82, 2.24) is 14.9 Å². The molecule has 96 valence electrons. The number of hydrogen-bond acceptors (Lipinski definition) is 5. The molecule has 0 aliphatic carbocycles. The van der Waals surface area contributed by atoms with Crippen molar-refractivity contribution in [2.24, 2.45) is 0 Å². The molecule has 1 unspecified atom stereocenters. The second kappa shape index (κ2) is 4.44. The van der Waals surface area contributed by atoms with E-state index >= 15 is 0 Å². The van der Waals surface area contributed by atoms with Crippen LogP contribution in [-0.2, 0) is 4.74 Å². The zero-order valence-electron chi connectivity index (χ0n) is 10.4. The van der Waals surface area contributed by atoms with Crippen molar-refractivity contribution >= 4 is 11.9 Å². The molecule has 1 amide bonds. The third-order valence-electron chi connectivity index (χ3n) is 3.56. The predicted octanol–water partition coefficient (Wildman–Crippen LogP) is 0.816. The fraction of sp³-hybridized carbons (Fsp3) is 0.583. The minimum atomic E-state index is -0.176. The van der Waals surface area contributed by atoms with E-state index in [0.29, 0.717) is 13.2 Å². The highest BCUT2D eigenvalue weighted by Crippen LogP contribution is 2.23. The van der Waals surface area contributed by atoms with E-state index in [0.717, 1.165) is 30.9 Å². The van der Waals surface area contributed by atoms with Crippen molar-refractivity contribution < 1.29 is 9.53 Å². The second-order valence-corrected chi connectivity index (χ2v) is 4.73. The summed E-state index contributed by atoms with van der Waals surface area (Å²) in [7, 11) is 0. The Labute approximate surface area is 106 Å². The molecule has 0 aromatic carbocycles. The molecule has 0 spiro atoms. The summed E-state index contributed by atoms with van der Waals surface area (Å²) >= 11 is 0. The van der Waals surface area contributed by atoms with E-state index in [1.165, 1.54) is 0 Å². The van der Waals surface area contributed by atoms with Crippen LogP contribution in [0.3, 0.4) is 0 Å². The van der Waals surface area contributed by atoms with Crippen LogP contribution in [0.25, 0.3) is 0 Å². The van der Waals surface area contributed by atoms with Gasteiger partial charge in [0.1, 0.15) is 12.1 Å². The van der Waals surface area contributed by atoms with Crippen molar-refractivity contribution in [3.8, 4) is 0 Å². The van der Waals surface area contributed by atoms with Crippen molar-refractivity contribution in [3.05, 3.63) is 18.1 Å². The fourth-order valence-corrected chi connectivity index (χ4v) is 2.62. The molecule has 3 heterocycles. The molecule has 3 rings (SSSR count). The number of rotatable bonds is 1. The first-order valence-electron chi connectivity index (χ1n) is 6.20. The van der Waals surface area contributed by atoms with Gasteiger partial charge in [0.25, 0.3) is 0 Å². The molecule has 0 N–H and O–H groups in total. The monoisotopic (exact) mass is 248 g/mol. The third kappa shape index (κ3) is 1.87. The summed E-state index contributed by atoms with van der Waals surface area (Å²) in [5.74, 6) is 0.976. The fourth-order valence-electron chi connectivity index (χ4n) is 2.62. The van der Waals surface area contributed by atoms with E-state index < -0.39 is 0 Å². The molecule has 0 bridgehead atoms. The van der Waals surface area contributed by atoms with Crippen LogP contribution in [0.15, 0.2) is 12.5 Å². The Morgan fingerprint density at radius 2 is 2.33 bits per heavy atom. The van der Waals surface area contributed by atoms with Gasteiger partial charge in [-0.05, 0) is 6.92 Å². The SMILES string of the molecule is Cc1cncnc1N1CCN2C(=O)OCCC2C1. The zero-order chi connectivity index (χ0) is 12.5. The molecule has 1 atom stereocenters. The van der Waals surface area contributed by atoms with Gasteiger partial charge in [-0.1, -0.05) is 0 Å². The molecule has 1 aromatic rings. The minimum Gasteiger partial charge on any atom is -0.449 e. The van der Waals surface area contributed by atoms with Crippen LogP contribution >= 0.6 is 0 Å². The van der Waals surface area contributed by atoms with Crippen LogP contribution in [0, 0.1) is 6.92 Å². The smallest absolute Gasteiger partial charge is 0.410 e. The first kappa shape index (κ1) is 11.3. The standard InChI is InChI=1S/C12H16N4O2/c1-9-6-13-8-14-11(9)15-3-4-16-10(7-15)2-5-18-12(16)17/h6,8,10H,2-5,7H2,1H3. The van der Waals surface area contributed by atoms with Gasteiger partial charge in [0.05, 0.1) is 12.6 Å². The number of aromatic nitrogens is 2. The van der Waals surface area contributed by atoms with Gasteiger partial charge in [0.15, 0.2) is 0 Å². The number of carbonyl (C=O) groups excluding carboxylic acids is 1. The first-order chi connectivity index (χ1) is 8.75. The lowest BCUT2D eigenvalue weighted by Crippen LogP contribution is -2.58. The zero-order valence-corrected chi connectivity index (χ0v) is 10.4. The lowest BCUT2D eigenvalue weighted by atomic mass is 10.1. The Morgan fingerprint density at radius 3 is 3.17 bits per heavy atom. The molecule has 0 saturated carbocycles. The van der Waals surface area contributed by atoms with E-state index in [9.17, 15) is 4.79 Å². The molecule has 1 aromatic heterocycles. The van der Waals surface area contributed by atoms with Crippen molar-refractivity contribution in [1.29, 1.82) is 0 Å². The van der Waals surface area contributed by atoms with Gasteiger partial charge >= 0.3 is 6.09 Å². The van der Waals surface area contributed by atoms with Crippen LogP contribution < -0.4 is 4.90 Å². The van der Waals surface area contributed by atoms with Gasteiger partial charge in [-0.15, -0.1) is 0 Å². The summed E-state index contributed by atoms with van der Waals surface area (Å²) < 4.78 is 5.05. The number of piperazine rings is 1. The molecule has 2 saturated heterocycles. The quantitative estimate of drug-likeness (QED) is 0.736. The number of cyclic esters (lactones) is 1. The number of amides is 1. The Balaban J connectivity index is 1.78. The molecular formula is C12H16N4O2. The van der Waals surface area contributed by atoms with Gasteiger partial charge < -0.3 is 14.5 Å². The number of fused-ring (bicyclic) bond motifs is 1. The van der Waals surface area contributed by atoms with Gasteiger partial charge in [-0.3, -0.25) is 0 Å². The van der Waals surface area contributed by atoms with E-state index in [1.54, 1.807) is 6.33 Å². The molecule has 2 aliphatic rings. The lowest BCUT2D eigenvalue weighted by Gasteiger charge is -2.43. The lowest BCUT2D eigenvalue weighted by molar-refractivity contribution is 0.0397. The number of carbonyl (C=O) groups is 1. The van der Waals surface area contributed by atoms with E-state index in [1.807, 2.05) is 18.0 Å². The van der Waals surface area contributed by atoms with Crippen molar-refractivity contribution in [3.63, 3.8) is 0 Å². The van der Waals surface area contributed by atoms with Crippen molar-refractivity contribution in [2.75, 3.05) is 31.1 Å². The maximum absolute atomic E-state index is 11.6. The maximum Gasteiger partial charge on any atom is 0.410 e. The Hall–Kier alpha value is -1.85. The van der Waals surface area contributed by atoms with Crippen LogP contribution in [0.4, 0.5) is 10.6 Å². The van der Waals surface area contributed by atoms with Gasteiger partial charge in [-0.2, -0.15) is 0 Å². The Kier molecular flexibility index (Phi) is 2.77. The molecule has 6 nitrogen and oxygen atoms in total. The topological polar surface area (TPSA) is 58.6 Å². The minimum absolute atomic E-state index is 0.176. The number of anilines is 1. The highest BCUT2D eigenvalue weighted by atomic mass is 16.6. The molecule has 2 fully saturated rings. The average molecular weight is 248 g/mol. The molecule has 2 aliphatic heterocycles. The third-order valence-corrected chi connectivity index (χ3v) is 3.56. The molecular weight excluding hydrogens is 232 g/mol. The highest BCUT2D eigenvalue weighted by molar-refractivity contribution is 5.69. The second-order valence-electron chi connectivity index (χ2n) is 4.73. The van der Waals surface area contributed by atoms with E-state index in [-0.39, 0.29) is 12.1 Å². The summed E-state index contributed by atoms with van der Waals surface area (Å²) in [6.45, 7) is 4.86. The summed E-state index contributed by atoms with van der Waals surface area (Å²) in [5.41, 5.74) is 1.07. The number of ether oxygens (including phenoxy) is 1. The normalized spacial score (nSPS) is 23.6. The molecule has 18 heavy (non-hydrogen) atoms.